The Morgan fingerprint density at radius 1 is 1.17 bits per heavy atom. The molecule has 128 valence electrons. The molecule has 2 aromatic rings. The van der Waals surface area contributed by atoms with Crippen LogP contribution in [-0.4, -0.2) is 23.8 Å². The molecule has 3 N–H and O–H groups in total. The van der Waals surface area contributed by atoms with Crippen LogP contribution in [0.4, 0.5) is 19.3 Å². The van der Waals surface area contributed by atoms with Gasteiger partial charge in [0.05, 0.1) is 11.8 Å². The summed E-state index contributed by atoms with van der Waals surface area (Å²) in [5.74, 6) is -1.44. The lowest BCUT2D eigenvalue weighted by Crippen LogP contribution is -2.33. The molecule has 2 aromatic carbocycles. The van der Waals surface area contributed by atoms with E-state index in [2.05, 4.69) is 10.6 Å². The monoisotopic (exact) mass is 334 g/mol. The highest BCUT2D eigenvalue weighted by atomic mass is 19.1. The van der Waals surface area contributed by atoms with Gasteiger partial charge in [-0.3, -0.25) is 0 Å². The van der Waals surface area contributed by atoms with Gasteiger partial charge in [0.2, 0.25) is 0 Å². The van der Waals surface area contributed by atoms with E-state index < -0.39 is 23.8 Å². The predicted molar refractivity (Wildman–Crippen MR) is 88.9 cm³/mol. The SMILES string of the molecule is CC(O)CC(CNC(=O)Nc1cc(F)ccc1F)c1ccccc1. The zero-order valence-corrected chi connectivity index (χ0v) is 13.3. The molecule has 0 saturated carbocycles. The zero-order chi connectivity index (χ0) is 17.5. The van der Waals surface area contributed by atoms with Gasteiger partial charge in [-0.1, -0.05) is 30.3 Å². The minimum atomic E-state index is -0.713. The van der Waals surface area contributed by atoms with Crippen LogP contribution in [0, 0.1) is 11.6 Å². The van der Waals surface area contributed by atoms with Gasteiger partial charge >= 0.3 is 6.03 Å². The van der Waals surface area contributed by atoms with Crippen molar-refractivity contribution < 1.29 is 18.7 Å². The number of nitrogens with one attached hydrogen (secondary N) is 2. The highest BCUT2D eigenvalue weighted by molar-refractivity contribution is 5.89. The maximum absolute atomic E-state index is 13.5. The van der Waals surface area contributed by atoms with Gasteiger partial charge in [0.1, 0.15) is 11.6 Å². The average molecular weight is 334 g/mol. The maximum Gasteiger partial charge on any atom is 0.319 e. The van der Waals surface area contributed by atoms with Gasteiger partial charge in [-0.2, -0.15) is 0 Å². The van der Waals surface area contributed by atoms with Gasteiger partial charge in [-0.15, -0.1) is 0 Å². The number of rotatable bonds is 6. The molecule has 0 fully saturated rings. The molecule has 0 radical (unpaired) electrons. The van der Waals surface area contributed by atoms with Crippen molar-refractivity contribution in [2.75, 3.05) is 11.9 Å². The fourth-order valence-corrected chi connectivity index (χ4v) is 2.45. The summed E-state index contributed by atoms with van der Waals surface area (Å²) < 4.78 is 26.6. The molecular weight excluding hydrogens is 314 g/mol. The first-order valence-electron chi connectivity index (χ1n) is 7.68. The van der Waals surface area contributed by atoms with Gasteiger partial charge in [0.15, 0.2) is 0 Å². The third kappa shape index (κ3) is 5.31. The zero-order valence-electron chi connectivity index (χ0n) is 13.3. The van der Waals surface area contributed by atoms with Gasteiger partial charge in [0.25, 0.3) is 0 Å². The number of anilines is 1. The van der Waals surface area contributed by atoms with E-state index in [0.717, 1.165) is 23.8 Å². The number of urea groups is 1. The van der Waals surface area contributed by atoms with Crippen molar-refractivity contribution in [1.82, 2.24) is 5.32 Å². The second-order valence-corrected chi connectivity index (χ2v) is 5.65. The van der Waals surface area contributed by atoms with Crippen molar-refractivity contribution in [3.05, 3.63) is 65.7 Å². The van der Waals surface area contributed by atoms with E-state index >= 15 is 0 Å². The average Bonchev–Trinajstić information content (AvgIpc) is 2.55. The molecule has 0 heterocycles. The molecule has 24 heavy (non-hydrogen) atoms. The summed E-state index contributed by atoms with van der Waals surface area (Å²) in [5, 5.41) is 14.5. The Kier molecular flexibility index (Phi) is 6.26. The summed E-state index contributed by atoms with van der Waals surface area (Å²) in [6.45, 7) is 1.94. The molecule has 6 heteroatoms. The standard InChI is InChI=1S/C18H20F2N2O2/c1-12(23)9-14(13-5-3-2-4-6-13)11-21-18(24)22-17-10-15(19)7-8-16(17)20/h2-8,10,12,14,23H,9,11H2,1H3,(H2,21,22,24). The lowest BCUT2D eigenvalue weighted by Gasteiger charge is -2.20. The molecule has 0 aliphatic heterocycles. The van der Waals surface area contributed by atoms with Crippen molar-refractivity contribution >= 4 is 11.7 Å². The summed E-state index contributed by atoms with van der Waals surface area (Å²) in [5.41, 5.74) is 0.759. The van der Waals surface area contributed by atoms with E-state index in [1.165, 1.54) is 0 Å². The molecule has 2 amide bonds. The number of hydrogen-bond donors (Lipinski definition) is 3. The quantitative estimate of drug-likeness (QED) is 0.755. The number of amides is 2. The number of carbonyl (C=O) groups excluding carboxylic acids is 1. The molecule has 0 aliphatic carbocycles. The molecule has 0 spiro atoms. The van der Waals surface area contributed by atoms with Crippen LogP contribution in [0.5, 0.6) is 0 Å². The Bertz CT molecular complexity index is 678. The molecule has 0 bridgehead atoms. The maximum atomic E-state index is 13.5. The Balaban J connectivity index is 1.98. The first-order chi connectivity index (χ1) is 11.5. The number of carbonyl (C=O) groups is 1. The molecule has 2 unspecified atom stereocenters. The minimum absolute atomic E-state index is 0.0886. The van der Waals surface area contributed by atoms with Crippen molar-refractivity contribution in [1.29, 1.82) is 0 Å². The molecule has 4 nitrogen and oxygen atoms in total. The van der Waals surface area contributed by atoms with Crippen LogP contribution < -0.4 is 10.6 Å². The first-order valence-corrected chi connectivity index (χ1v) is 7.68. The normalized spacial score (nSPS) is 13.2. The van der Waals surface area contributed by atoms with Crippen LogP contribution >= 0.6 is 0 Å². The smallest absolute Gasteiger partial charge is 0.319 e. The Morgan fingerprint density at radius 3 is 2.54 bits per heavy atom. The Hall–Kier alpha value is -2.47. The van der Waals surface area contributed by atoms with E-state index in [9.17, 15) is 18.7 Å². The first kappa shape index (κ1) is 17.9. The third-order valence-corrected chi connectivity index (χ3v) is 3.58. The highest BCUT2D eigenvalue weighted by Gasteiger charge is 2.16. The van der Waals surface area contributed by atoms with E-state index in [-0.39, 0.29) is 18.2 Å². The Morgan fingerprint density at radius 2 is 1.88 bits per heavy atom. The lowest BCUT2D eigenvalue weighted by atomic mass is 9.93. The van der Waals surface area contributed by atoms with Crippen LogP contribution in [-0.2, 0) is 0 Å². The van der Waals surface area contributed by atoms with Gasteiger partial charge in [-0.25, -0.2) is 13.6 Å². The molecule has 0 saturated heterocycles. The van der Waals surface area contributed by atoms with Crippen molar-refractivity contribution in [2.45, 2.75) is 25.4 Å². The second-order valence-electron chi connectivity index (χ2n) is 5.65. The summed E-state index contributed by atoms with van der Waals surface area (Å²) >= 11 is 0. The number of halogens is 2. The molecule has 0 aliphatic rings. The van der Waals surface area contributed by atoms with Crippen LogP contribution in [0.3, 0.4) is 0 Å². The molecule has 2 rings (SSSR count). The lowest BCUT2D eigenvalue weighted by molar-refractivity contribution is 0.173. The Labute approximate surface area is 139 Å². The van der Waals surface area contributed by atoms with Crippen molar-refractivity contribution in [3.8, 4) is 0 Å². The molecule has 0 aromatic heterocycles. The van der Waals surface area contributed by atoms with E-state index in [1.807, 2.05) is 30.3 Å². The minimum Gasteiger partial charge on any atom is -0.393 e. The number of hydrogen-bond acceptors (Lipinski definition) is 2. The van der Waals surface area contributed by atoms with Crippen LogP contribution in [0.25, 0.3) is 0 Å². The predicted octanol–water partition coefficient (Wildman–Crippen LogP) is 3.64. The second kappa shape index (κ2) is 8.40. The summed E-state index contributed by atoms with van der Waals surface area (Å²) in [6, 6.07) is 11.7. The van der Waals surface area contributed by atoms with E-state index in [0.29, 0.717) is 6.42 Å². The molecular formula is C18H20F2N2O2. The third-order valence-electron chi connectivity index (χ3n) is 3.58. The number of aliphatic hydroxyl groups is 1. The van der Waals surface area contributed by atoms with Crippen LogP contribution in [0.15, 0.2) is 48.5 Å². The summed E-state index contributed by atoms with van der Waals surface area (Å²) in [4.78, 5) is 11.9. The van der Waals surface area contributed by atoms with Crippen molar-refractivity contribution in [2.24, 2.45) is 0 Å². The van der Waals surface area contributed by atoms with Crippen molar-refractivity contribution in [3.63, 3.8) is 0 Å². The number of aliphatic hydroxyl groups excluding tert-OH is 1. The van der Waals surface area contributed by atoms with Gasteiger partial charge in [0, 0.05) is 18.5 Å². The fourth-order valence-electron chi connectivity index (χ4n) is 2.45. The van der Waals surface area contributed by atoms with Gasteiger partial charge in [-0.05, 0) is 31.0 Å². The van der Waals surface area contributed by atoms with Crippen LogP contribution in [0.1, 0.15) is 24.8 Å². The largest absolute Gasteiger partial charge is 0.393 e. The van der Waals surface area contributed by atoms with Crippen LogP contribution in [0.2, 0.25) is 0 Å². The summed E-state index contributed by atoms with van der Waals surface area (Å²) in [6.07, 6.45) is -0.0562. The number of benzene rings is 2. The van der Waals surface area contributed by atoms with E-state index in [1.54, 1.807) is 6.92 Å². The molecule has 2 atom stereocenters. The van der Waals surface area contributed by atoms with E-state index in [4.69, 9.17) is 0 Å². The van der Waals surface area contributed by atoms with Gasteiger partial charge < -0.3 is 15.7 Å². The fraction of sp³-hybridized carbons (Fsp3) is 0.278. The highest BCUT2D eigenvalue weighted by Crippen LogP contribution is 2.21. The summed E-state index contributed by atoms with van der Waals surface area (Å²) in [7, 11) is 0. The topological polar surface area (TPSA) is 61.4 Å².